The van der Waals surface area contributed by atoms with Crippen LogP contribution in [0.5, 0.6) is 0 Å². The highest BCUT2D eigenvalue weighted by Gasteiger charge is 2.43. The minimum atomic E-state index is -0.916. The standard InChI is InChI=1S/C20H32O2/c1-9-20(10-2,22-19(7,8)18(5,6)21)17-13-11-16(12-14-17)15(3)4/h11-14,21H,3,9-10H2,1-2,4-8H3. The fourth-order valence-corrected chi connectivity index (χ4v) is 2.53. The van der Waals surface area contributed by atoms with E-state index in [9.17, 15) is 5.11 Å². The van der Waals surface area contributed by atoms with E-state index < -0.39 is 16.8 Å². The van der Waals surface area contributed by atoms with Gasteiger partial charge in [-0.1, -0.05) is 50.3 Å². The molecule has 1 aromatic rings. The molecule has 22 heavy (non-hydrogen) atoms. The first-order valence-corrected chi connectivity index (χ1v) is 8.18. The quantitative estimate of drug-likeness (QED) is 0.740. The molecule has 0 heterocycles. The fraction of sp³-hybridized carbons (Fsp3) is 0.600. The van der Waals surface area contributed by atoms with Gasteiger partial charge in [0.25, 0.3) is 0 Å². The van der Waals surface area contributed by atoms with Crippen LogP contribution in [-0.4, -0.2) is 16.3 Å². The van der Waals surface area contributed by atoms with Gasteiger partial charge in [-0.15, -0.1) is 0 Å². The van der Waals surface area contributed by atoms with Gasteiger partial charge in [0, 0.05) is 0 Å². The molecule has 0 aliphatic carbocycles. The zero-order chi connectivity index (χ0) is 17.2. The molecule has 0 atom stereocenters. The third-order valence-corrected chi connectivity index (χ3v) is 4.97. The molecule has 0 aromatic heterocycles. The summed E-state index contributed by atoms with van der Waals surface area (Å²) in [6.45, 7) is 17.8. The van der Waals surface area contributed by atoms with Gasteiger partial charge in [0.15, 0.2) is 0 Å². The summed E-state index contributed by atoms with van der Waals surface area (Å²) >= 11 is 0. The molecule has 0 spiro atoms. The van der Waals surface area contributed by atoms with Crippen molar-refractivity contribution in [1.29, 1.82) is 0 Å². The second-order valence-electron chi connectivity index (χ2n) is 7.23. The molecule has 1 N–H and O–H groups in total. The highest BCUT2D eigenvalue weighted by molar-refractivity contribution is 5.61. The highest BCUT2D eigenvalue weighted by atomic mass is 16.5. The third kappa shape index (κ3) is 3.80. The molecule has 1 rings (SSSR count). The Bertz CT molecular complexity index is 500. The number of hydrogen-bond donors (Lipinski definition) is 1. The molecule has 1 aromatic carbocycles. The molecule has 0 fully saturated rings. The van der Waals surface area contributed by atoms with Crippen LogP contribution in [-0.2, 0) is 10.3 Å². The summed E-state index contributed by atoms with van der Waals surface area (Å²) in [5.74, 6) is 0. The summed E-state index contributed by atoms with van der Waals surface area (Å²) < 4.78 is 6.50. The summed E-state index contributed by atoms with van der Waals surface area (Å²) in [7, 11) is 0. The van der Waals surface area contributed by atoms with Crippen molar-refractivity contribution in [3.63, 3.8) is 0 Å². The van der Waals surface area contributed by atoms with Crippen LogP contribution in [0, 0.1) is 0 Å². The molecule has 124 valence electrons. The second kappa shape index (κ2) is 6.55. The first kappa shape index (κ1) is 18.9. The Hall–Kier alpha value is -1.12. The summed E-state index contributed by atoms with van der Waals surface area (Å²) in [5.41, 5.74) is 1.40. The first-order valence-electron chi connectivity index (χ1n) is 8.18. The molecule has 0 saturated carbocycles. The Kier molecular flexibility index (Phi) is 5.64. The topological polar surface area (TPSA) is 29.5 Å². The number of hydrogen-bond acceptors (Lipinski definition) is 2. The molecule has 0 bridgehead atoms. The molecular formula is C20H32O2. The Morgan fingerprint density at radius 1 is 1.05 bits per heavy atom. The normalized spacial score (nSPS) is 13.3. The number of aliphatic hydroxyl groups is 1. The van der Waals surface area contributed by atoms with Crippen LogP contribution in [0.25, 0.3) is 5.57 Å². The van der Waals surface area contributed by atoms with Crippen molar-refractivity contribution in [1.82, 2.24) is 0 Å². The smallest absolute Gasteiger partial charge is 0.0934 e. The van der Waals surface area contributed by atoms with Gasteiger partial charge in [-0.05, 0) is 58.6 Å². The van der Waals surface area contributed by atoms with Crippen molar-refractivity contribution in [2.45, 2.75) is 78.1 Å². The van der Waals surface area contributed by atoms with Gasteiger partial charge in [-0.25, -0.2) is 0 Å². The molecule has 0 aliphatic rings. The third-order valence-electron chi connectivity index (χ3n) is 4.97. The van der Waals surface area contributed by atoms with Gasteiger partial charge >= 0.3 is 0 Å². The fourth-order valence-electron chi connectivity index (χ4n) is 2.53. The zero-order valence-corrected chi connectivity index (χ0v) is 15.3. The molecule has 0 unspecified atom stereocenters. The van der Waals surface area contributed by atoms with Crippen LogP contribution in [0.2, 0.25) is 0 Å². The summed E-state index contributed by atoms with van der Waals surface area (Å²) in [5, 5.41) is 10.4. The average molecular weight is 304 g/mol. The molecule has 0 amide bonds. The molecule has 0 saturated heterocycles. The summed E-state index contributed by atoms with van der Waals surface area (Å²) in [6.07, 6.45) is 1.71. The number of rotatable bonds is 7. The predicted molar refractivity (Wildman–Crippen MR) is 94.9 cm³/mol. The van der Waals surface area contributed by atoms with Crippen molar-refractivity contribution in [3.05, 3.63) is 42.0 Å². The van der Waals surface area contributed by atoms with Crippen LogP contribution in [0.1, 0.15) is 72.4 Å². The Morgan fingerprint density at radius 2 is 1.50 bits per heavy atom. The van der Waals surface area contributed by atoms with Crippen LogP contribution < -0.4 is 0 Å². The zero-order valence-electron chi connectivity index (χ0n) is 15.3. The Morgan fingerprint density at radius 3 is 1.82 bits per heavy atom. The van der Waals surface area contributed by atoms with E-state index in [4.69, 9.17) is 4.74 Å². The van der Waals surface area contributed by atoms with E-state index in [0.29, 0.717) is 0 Å². The van der Waals surface area contributed by atoms with Gasteiger partial charge < -0.3 is 9.84 Å². The van der Waals surface area contributed by atoms with Crippen LogP contribution in [0.4, 0.5) is 0 Å². The minimum Gasteiger partial charge on any atom is -0.387 e. The summed E-state index contributed by atoms with van der Waals surface area (Å²) in [6, 6.07) is 8.44. The number of ether oxygens (including phenoxy) is 1. The van der Waals surface area contributed by atoms with Gasteiger partial charge in [0.1, 0.15) is 0 Å². The lowest BCUT2D eigenvalue weighted by Gasteiger charge is -2.46. The van der Waals surface area contributed by atoms with Crippen molar-refractivity contribution < 1.29 is 9.84 Å². The van der Waals surface area contributed by atoms with Crippen molar-refractivity contribution in [3.8, 4) is 0 Å². The van der Waals surface area contributed by atoms with Gasteiger partial charge in [-0.3, -0.25) is 0 Å². The molecular weight excluding hydrogens is 272 g/mol. The minimum absolute atomic E-state index is 0.392. The van der Waals surface area contributed by atoms with E-state index in [2.05, 4.69) is 44.7 Å². The molecule has 2 nitrogen and oxygen atoms in total. The van der Waals surface area contributed by atoms with E-state index in [1.54, 1.807) is 13.8 Å². The number of benzene rings is 1. The highest BCUT2D eigenvalue weighted by Crippen LogP contribution is 2.40. The van der Waals surface area contributed by atoms with Crippen molar-refractivity contribution in [2.24, 2.45) is 0 Å². The van der Waals surface area contributed by atoms with E-state index in [1.165, 1.54) is 0 Å². The predicted octanol–water partition coefficient (Wildman–Crippen LogP) is 5.30. The molecule has 0 radical (unpaired) electrons. The van der Waals surface area contributed by atoms with Gasteiger partial charge in [0.05, 0.1) is 16.8 Å². The van der Waals surface area contributed by atoms with Crippen LogP contribution in [0.3, 0.4) is 0 Å². The van der Waals surface area contributed by atoms with Gasteiger partial charge in [0.2, 0.25) is 0 Å². The second-order valence-corrected chi connectivity index (χ2v) is 7.23. The van der Waals surface area contributed by atoms with Crippen molar-refractivity contribution in [2.75, 3.05) is 0 Å². The maximum absolute atomic E-state index is 10.4. The van der Waals surface area contributed by atoms with Crippen molar-refractivity contribution >= 4 is 5.57 Å². The maximum atomic E-state index is 10.4. The molecule has 2 heteroatoms. The number of allylic oxidation sites excluding steroid dienone is 1. The van der Waals surface area contributed by atoms with Gasteiger partial charge in [-0.2, -0.15) is 0 Å². The lowest BCUT2D eigenvalue weighted by molar-refractivity contribution is -0.221. The Balaban J connectivity index is 3.23. The summed E-state index contributed by atoms with van der Waals surface area (Å²) in [4.78, 5) is 0. The average Bonchev–Trinajstić information content (AvgIpc) is 2.43. The van der Waals surface area contributed by atoms with E-state index in [1.807, 2.05) is 20.8 Å². The van der Waals surface area contributed by atoms with E-state index in [0.717, 1.165) is 29.5 Å². The molecule has 0 aliphatic heterocycles. The Labute approximate surface area is 136 Å². The SMILES string of the molecule is C=C(C)c1ccc(C(CC)(CC)OC(C)(C)C(C)(C)O)cc1. The maximum Gasteiger partial charge on any atom is 0.0934 e. The van der Waals surface area contributed by atoms with Crippen LogP contribution in [0.15, 0.2) is 30.8 Å². The largest absolute Gasteiger partial charge is 0.387 e. The lowest BCUT2D eigenvalue weighted by Crippen LogP contribution is -2.52. The lowest BCUT2D eigenvalue weighted by atomic mass is 9.83. The van der Waals surface area contributed by atoms with E-state index >= 15 is 0 Å². The van der Waals surface area contributed by atoms with E-state index in [-0.39, 0.29) is 0 Å². The monoisotopic (exact) mass is 304 g/mol. The first-order chi connectivity index (χ1) is 9.99. The van der Waals surface area contributed by atoms with Crippen LogP contribution >= 0.6 is 0 Å².